The summed E-state index contributed by atoms with van der Waals surface area (Å²) in [6.45, 7) is 7.36. The highest BCUT2D eigenvalue weighted by Crippen LogP contribution is 2.31. The number of ether oxygens (including phenoxy) is 3. The number of rotatable bonds is 11. The lowest BCUT2D eigenvalue weighted by molar-refractivity contribution is -0.136. The Morgan fingerprint density at radius 3 is 2.59 bits per heavy atom. The molecule has 0 saturated heterocycles. The standard InChI is InChI=1S/C25H30N2O5/c1-5-27(6-2)14-9-15-31-25(28)21(24-20-10-7-8-11-23(20)32-26-24)17-18-16-19(29-3)12-13-22(18)30-4/h7-8,10-13,16-17H,5-6,9,14-15H2,1-4H3/b21-17+. The Labute approximate surface area is 188 Å². The van der Waals surface area contributed by atoms with Crippen molar-refractivity contribution < 1.29 is 23.5 Å². The van der Waals surface area contributed by atoms with E-state index >= 15 is 0 Å². The molecule has 32 heavy (non-hydrogen) atoms. The topological polar surface area (TPSA) is 74.0 Å². The van der Waals surface area contributed by atoms with Gasteiger partial charge in [-0.15, -0.1) is 0 Å². The van der Waals surface area contributed by atoms with Crippen molar-refractivity contribution in [2.75, 3.05) is 40.5 Å². The fraction of sp³-hybridized carbons (Fsp3) is 0.360. The summed E-state index contributed by atoms with van der Waals surface area (Å²) in [5.41, 5.74) is 2.00. The van der Waals surface area contributed by atoms with Crippen LogP contribution in [0.3, 0.4) is 0 Å². The predicted molar refractivity (Wildman–Crippen MR) is 125 cm³/mol. The molecular weight excluding hydrogens is 408 g/mol. The SMILES string of the molecule is CCN(CC)CCCOC(=O)/C(=C/c1cc(OC)ccc1OC)c1noc2ccccc12. The Bertz CT molecular complexity index is 1070. The third kappa shape index (κ3) is 5.48. The molecule has 0 amide bonds. The average Bonchev–Trinajstić information content (AvgIpc) is 3.26. The van der Waals surface area contributed by atoms with Crippen LogP contribution < -0.4 is 9.47 Å². The van der Waals surface area contributed by atoms with E-state index in [4.69, 9.17) is 18.7 Å². The van der Waals surface area contributed by atoms with Gasteiger partial charge in [0, 0.05) is 17.5 Å². The molecule has 1 aromatic heterocycles. The van der Waals surface area contributed by atoms with Crippen molar-refractivity contribution in [3.05, 3.63) is 53.7 Å². The molecule has 0 radical (unpaired) electrons. The summed E-state index contributed by atoms with van der Waals surface area (Å²) < 4.78 is 21.9. The van der Waals surface area contributed by atoms with Gasteiger partial charge in [0.15, 0.2) is 5.58 Å². The lowest BCUT2D eigenvalue weighted by Gasteiger charge is -2.17. The summed E-state index contributed by atoms with van der Waals surface area (Å²) in [5.74, 6) is 0.785. The van der Waals surface area contributed by atoms with Crippen LogP contribution in [0.1, 0.15) is 31.5 Å². The van der Waals surface area contributed by atoms with Crippen LogP contribution in [0.15, 0.2) is 47.0 Å². The fourth-order valence-electron chi connectivity index (χ4n) is 3.48. The molecule has 0 N–H and O–H groups in total. The summed E-state index contributed by atoms with van der Waals surface area (Å²) >= 11 is 0. The highest BCUT2D eigenvalue weighted by atomic mass is 16.5. The van der Waals surface area contributed by atoms with Crippen LogP contribution in [0.4, 0.5) is 0 Å². The molecule has 3 aromatic rings. The first-order valence-corrected chi connectivity index (χ1v) is 10.8. The summed E-state index contributed by atoms with van der Waals surface area (Å²) in [5, 5.41) is 4.91. The number of carbonyl (C=O) groups is 1. The van der Waals surface area contributed by atoms with Gasteiger partial charge >= 0.3 is 5.97 Å². The molecule has 170 valence electrons. The summed E-state index contributed by atoms with van der Waals surface area (Å²) in [6.07, 6.45) is 2.46. The maximum atomic E-state index is 13.2. The van der Waals surface area contributed by atoms with Gasteiger partial charge in [-0.25, -0.2) is 4.79 Å². The molecule has 0 spiro atoms. The van der Waals surface area contributed by atoms with E-state index in [-0.39, 0.29) is 0 Å². The van der Waals surface area contributed by atoms with Crippen molar-refractivity contribution in [2.45, 2.75) is 20.3 Å². The minimum Gasteiger partial charge on any atom is -0.497 e. The van der Waals surface area contributed by atoms with E-state index in [9.17, 15) is 4.79 Å². The van der Waals surface area contributed by atoms with Gasteiger partial charge in [-0.1, -0.05) is 31.1 Å². The van der Waals surface area contributed by atoms with E-state index in [1.807, 2.05) is 24.3 Å². The summed E-state index contributed by atoms with van der Waals surface area (Å²) in [7, 11) is 3.17. The summed E-state index contributed by atoms with van der Waals surface area (Å²) in [6, 6.07) is 12.8. The van der Waals surface area contributed by atoms with E-state index < -0.39 is 5.97 Å². The monoisotopic (exact) mass is 438 g/mol. The molecule has 0 fully saturated rings. The van der Waals surface area contributed by atoms with E-state index in [2.05, 4.69) is 23.9 Å². The first-order chi connectivity index (χ1) is 15.6. The van der Waals surface area contributed by atoms with Gasteiger partial charge in [0.05, 0.1) is 26.4 Å². The lowest BCUT2D eigenvalue weighted by atomic mass is 10.0. The van der Waals surface area contributed by atoms with Crippen molar-refractivity contribution in [1.29, 1.82) is 0 Å². The van der Waals surface area contributed by atoms with Crippen LogP contribution in [0.2, 0.25) is 0 Å². The molecule has 3 rings (SSSR count). The van der Waals surface area contributed by atoms with Gasteiger partial charge in [-0.2, -0.15) is 0 Å². The smallest absolute Gasteiger partial charge is 0.340 e. The Balaban J connectivity index is 1.94. The number of methoxy groups -OCH3 is 2. The highest BCUT2D eigenvalue weighted by Gasteiger charge is 2.22. The van der Waals surface area contributed by atoms with Gasteiger partial charge in [0.1, 0.15) is 17.2 Å². The Hall–Kier alpha value is -3.32. The second kappa shape index (κ2) is 11.3. The number of esters is 1. The molecule has 0 saturated carbocycles. The number of fused-ring (bicyclic) bond motifs is 1. The minimum atomic E-state index is -0.464. The Kier molecular flexibility index (Phi) is 8.27. The molecule has 1 heterocycles. The van der Waals surface area contributed by atoms with Crippen LogP contribution in [-0.2, 0) is 9.53 Å². The number of nitrogens with zero attached hydrogens (tertiary/aromatic N) is 2. The molecule has 0 aliphatic rings. The highest BCUT2D eigenvalue weighted by molar-refractivity contribution is 6.24. The molecule has 7 heteroatoms. The van der Waals surface area contributed by atoms with E-state index in [0.717, 1.165) is 31.4 Å². The largest absolute Gasteiger partial charge is 0.497 e. The third-order valence-electron chi connectivity index (χ3n) is 5.34. The van der Waals surface area contributed by atoms with Crippen LogP contribution >= 0.6 is 0 Å². The van der Waals surface area contributed by atoms with E-state index in [1.165, 1.54) is 0 Å². The zero-order valence-electron chi connectivity index (χ0n) is 19.1. The van der Waals surface area contributed by atoms with E-state index in [1.54, 1.807) is 38.5 Å². The van der Waals surface area contributed by atoms with Gasteiger partial charge in [0.2, 0.25) is 0 Å². The molecule has 2 aromatic carbocycles. The maximum absolute atomic E-state index is 13.2. The molecule has 0 aliphatic carbocycles. The number of benzene rings is 2. The molecule has 7 nitrogen and oxygen atoms in total. The quantitative estimate of drug-likeness (QED) is 0.245. The van der Waals surface area contributed by atoms with Gasteiger partial charge in [0.25, 0.3) is 0 Å². The van der Waals surface area contributed by atoms with Crippen molar-refractivity contribution in [3.63, 3.8) is 0 Å². The molecule has 0 atom stereocenters. The van der Waals surface area contributed by atoms with Crippen molar-refractivity contribution in [1.82, 2.24) is 10.1 Å². The third-order valence-corrected chi connectivity index (χ3v) is 5.34. The number of carbonyl (C=O) groups excluding carboxylic acids is 1. The molecule has 0 unspecified atom stereocenters. The predicted octanol–water partition coefficient (Wildman–Crippen LogP) is 4.66. The lowest BCUT2D eigenvalue weighted by Crippen LogP contribution is -2.25. The van der Waals surface area contributed by atoms with Crippen molar-refractivity contribution >= 4 is 28.6 Å². The number of para-hydroxylation sites is 1. The zero-order chi connectivity index (χ0) is 22.9. The van der Waals surface area contributed by atoms with Crippen molar-refractivity contribution in [3.8, 4) is 11.5 Å². The Morgan fingerprint density at radius 2 is 1.88 bits per heavy atom. The van der Waals surface area contributed by atoms with Crippen LogP contribution in [0, 0.1) is 0 Å². The van der Waals surface area contributed by atoms with Gasteiger partial charge in [-0.3, -0.25) is 0 Å². The van der Waals surface area contributed by atoms with Crippen LogP contribution in [0.5, 0.6) is 11.5 Å². The fourth-order valence-corrected chi connectivity index (χ4v) is 3.48. The van der Waals surface area contributed by atoms with Crippen molar-refractivity contribution in [2.24, 2.45) is 0 Å². The molecule has 0 aliphatic heterocycles. The van der Waals surface area contributed by atoms with E-state index in [0.29, 0.717) is 40.5 Å². The molecule has 0 bridgehead atoms. The number of aromatic nitrogens is 1. The van der Waals surface area contributed by atoms with Crippen LogP contribution in [0.25, 0.3) is 22.6 Å². The zero-order valence-corrected chi connectivity index (χ0v) is 19.1. The number of hydrogen-bond acceptors (Lipinski definition) is 7. The Morgan fingerprint density at radius 1 is 1.09 bits per heavy atom. The number of hydrogen-bond donors (Lipinski definition) is 0. The van der Waals surface area contributed by atoms with Gasteiger partial charge in [-0.05, 0) is 55.9 Å². The maximum Gasteiger partial charge on any atom is 0.340 e. The second-order valence-electron chi connectivity index (χ2n) is 7.21. The minimum absolute atomic E-state index is 0.296. The average molecular weight is 439 g/mol. The summed E-state index contributed by atoms with van der Waals surface area (Å²) in [4.78, 5) is 15.5. The normalized spacial score (nSPS) is 11.7. The first kappa shape index (κ1) is 23.3. The first-order valence-electron chi connectivity index (χ1n) is 10.8. The second-order valence-corrected chi connectivity index (χ2v) is 7.21. The van der Waals surface area contributed by atoms with Crippen LogP contribution in [-0.4, -0.2) is 56.5 Å². The molecular formula is C25H30N2O5. The van der Waals surface area contributed by atoms with Gasteiger partial charge < -0.3 is 23.6 Å².